The first-order chi connectivity index (χ1) is 15.6. The molecule has 0 unspecified atom stereocenters. The van der Waals surface area contributed by atoms with Crippen molar-refractivity contribution in [2.24, 2.45) is 0 Å². The van der Waals surface area contributed by atoms with Crippen LogP contribution in [0.15, 0.2) is 0 Å². The number of rotatable bonds is 19. The Morgan fingerprint density at radius 2 is 1.24 bits per heavy atom. The van der Waals surface area contributed by atoms with Gasteiger partial charge in [-0.3, -0.25) is 0 Å². The molecule has 0 heterocycles. The molecule has 0 aliphatic carbocycles. The molecule has 0 fully saturated rings. The van der Waals surface area contributed by atoms with Gasteiger partial charge in [0.15, 0.2) is 8.32 Å². The Morgan fingerprint density at radius 1 is 0.706 bits per heavy atom. The monoisotopic (exact) mass is 516 g/mol. The molecule has 206 valence electrons. The van der Waals surface area contributed by atoms with Crippen molar-refractivity contribution >= 4 is 16.6 Å². The third kappa shape index (κ3) is 11.6. The summed E-state index contributed by atoms with van der Waals surface area (Å²) >= 11 is 0. The van der Waals surface area contributed by atoms with E-state index in [2.05, 4.69) is 82.3 Å². The summed E-state index contributed by atoms with van der Waals surface area (Å²) in [6, 6.07) is 0. The predicted molar refractivity (Wildman–Crippen MR) is 157 cm³/mol. The maximum absolute atomic E-state index is 10.7. The van der Waals surface area contributed by atoms with Crippen molar-refractivity contribution in [3.05, 3.63) is 0 Å². The van der Waals surface area contributed by atoms with Gasteiger partial charge in [-0.1, -0.05) is 94.9 Å². The highest BCUT2D eigenvalue weighted by molar-refractivity contribution is 6.77. The van der Waals surface area contributed by atoms with E-state index in [0.717, 1.165) is 45.1 Å². The highest BCUT2D eigenvalue weighted by Crippen LogP contribution is 2.44. The van der Waals surface area contributed by atoms with E-state index in [1.54, 1.807) is 0 Å². The molecule has 0 radical (unpaired) electrons. The first-order valence-corrected chi connectivity index (χ1v) is 19.7. The molecule has 0 aromatic rings. The summed E-state index contributed by atoms with van der Waals surface area (Å²) in [5.41, 5.74) is 1.82. The van der Waals surface area contributed by atoms with Crippen LogP contribution in [0.4, 0.5) is 0 Å². The van der Waals surface area contributed by atoms with Crippen LogP contribution in [0.1, 0.15) is 133 Å². The lowest BCUT2D eigenvalue weighted by atomic mass is 10.0. The van der Waals surface area contributed by atoms with Gasteiger partial charge in [0.05, 0.1) is 6.10 Å². The average Bonchev–Trinajstić information content (AvgIpc) is 2.70. The van der Waals surface area contributed by atoms with E-state index in [1.165, 1.54) is 25.7 Å². The van der Waals surface area contributed by atoms with Crippen LogP contribution in [0.5, 0.6) is 0 Å². The Kier molecular flexibility index (Phi) is 16.4. The fourth-order valence-electron chi connectivity index (χ4n) is 5.31. The van der Waals surface area contributed by atoms with Gasteiger partial charge in [-0.15, -0.1) is 0 Å². The van der Waals surface area contributed by atoms with E-state index in [0.29, 0.717) is 22.7 Å². The van der Waals surface area contributed by atoms with E-state index in [1.807, 2.05) is 0 Å². The van der Waals surface area contributed by atoms with Gasteiger partial charge in [-0.25, -0.2) is 0 Å². The van der Waals surface area contributed by atoms with Crippen molar-refractivity contribution in [3.63, 3.8) is 0 Å². The molecule has 2 atom stereocenters. The highest BCUT2D eigenvalue weighted by atomic mass is 28.4. The topological polar surface area (TPSA) is 38.7 Å². The minimum Gasteiger partial charge on any atom is -0.417 e. The largest absolute Gasteiger partial charge is 0.417 e. The first-order valence-electron chi connectivity index (χ1n) is 14.6. The second-order valence-corrected chi connectivity index (χ2v) is 23.5. The number of aliphatic hydroxyl groups excluding tert-OH is 1. The van der Waals surface area contributed by atoms with E-state index in [9.17, 15) is 5.11 Å². The number of hydrogen-bond acceptors (Lipinski definition) is 3. The highest BCUT2D eigenvalue weighted by Gasteiger charge is 2.46. The molecular formula is C29H64O3Si2. The minimum atomic E-state index is -1.90. The van der Waals surface area contributed by atoms with Crippen LogP contribution in [0, 0.1) is 0 Å². The molecule has 0 saturated heterocycles. The zero-order chi connectivity index (χ0) is 26.6. The summed E-state index contributed by atoms with van der Waals surface area (Å²) in [5.74, 6) is 0. The Hall–Kier alpha value is 0.314. The van der Waals surface area contributed by atoms with Crippen LogP contribution >= 0.6 is 0 Å². The summed E-state index contributed by atoms with van der Waals surface area (Å²) in [6.45, 7) is 28.9. The van der Waals surface area contributed by atoms with Crippen LogP contribution in [0.2, 0.25) is 34.8 Å². The van der Waals surface area contributed by atoms with Crippen LogP contribution in [0.25, 0.3) is 0 Å². The van der Waals surface area contributed by atoms with Crippen molar-refractivity contribution in [2.45, 2.75) is 180 Å². The summed E-state index contributed by atoms with van der Waals surface area (Å²) in [7, 11) is -3.55. The maximum atomic E-state index is 10.7. The molecular weight excluding hydrogens is 452 g/mol. The molecule has 0 bridgehead atoms. The molecule has 5 heteroatoms. The third-order valence-corrected chi connectivity index (χ3v) is 19.2. The molecule has 0 aromatic carbocycles. The van der Waals surface area contributed by atoms with E-state index >= 15 is 0 Å². The molecule has 3 nitrogen and oxygen atoms in total. The van der Waals surface area contributed by atoms with E-state index in [4.69, 9.17) is 8.85 Å². The van der Waals surface area contributed by atoms with Crippen molar-refractivity contribution in [2.75, 3.05) is 6.61 Å². The van der Waals surface area contributed by atoms with Gasteiger partial charge in [-0.05, 0) is 73.3 Å². The zero-order valence-corrected chi connectivity index (χ0v) is 27.4. The van der Waals surface area contributed by atoms with Gasteiger partial charge >= 0.3 is 0 Å². The number of aliphatic hydroxyl groups is 1. The first kappa shape index (κ1) is 34.3. The van der Waals surface area contributed by atoms with Crippen LogP contribution in [-0.4, -0.2) is 40.6 Å². The molecule has 0 aromatic heterocycles. The summed E-state index contributed by atoms with van der Waals surface area (Å²) in [4.78, 5) is 0. The van der Waals surface area contributed by atoms with Crippen molar-refractivity contribution in [3.8, 4) is 0 Å². The SMILES string of the molecule is CCCCCC[C@@H](CC[C@@H](O)CCCCO[Si](C)(C)C(C)(C)C)O[Si](C(C)C)(C(C)C)C(C)C. The number of hydrogen-bond donors (Lipinski definition) is 1. The standard InChI is InChI=1S/C29H64O3Si2/c1-13-14-15-16-20-28(32-34(24(2)3,25(4)5)26(6)7)22-21-27(30)19-17-18-23-31-33(11,12)29(8,9)10/h24-28,30H,13-23H2,1-12H3/t27-,28-/m0/s1. The normalized spacial score (nSPS) is 15.5. The lowest BCUT2D eigenvalue weighted by Gasteiger charge is -2.45. The molecule has 34 heavy (non-hydrogen) atoms. The average molecular weight is 517 g/mol. The molecule has 1 N–H and O–H groups in total. The molecule has 0 amide bonds. The lowest BCUT2D eigenvalue weighted by molar-refractivity contribution is 0.102. The van der Waals surface area contributed by atoms with Crippen molar-refractivity contribution in [1.82, 2.24) is 0 Å². The summed E-state index contributed by atoms with van der Waals surface area (Å²) in [6.07, 6.45) is 11.2. The lowest BCUT2D eigenvalue weighted by Crippen LogP contribution is -2.50. The van der Waals surface area contributed by atoms with Gasteiger partial charge in [-0.2, -0.15) is 0 Å². The van der Waals surface area contributed by atoms with Gasteiger partial charge in [0, 0.05) is 12.7 Å². The van der Waals surface area contributed by atoms with Gasteiger partial charge in [0.1, 0.15) is 0 Å². The predicted octanol–water partition coefficient (Wildman–Crippen LogP) is 9.85. The van der Waals surface area contributed by atoms with E-state index < -0.39 is 16.6 Å². The Balaban J connectivity index is 4.83. The fraction of sp³-hybridized carbons (Fsp3) is 1.00. The minimum absolute atomic E-state index is 0.220. The molecule has 0 rings (SSSR count). The van der Waals surface area contributed by atoms with Crippen molar-refractivity contribution < 1.29 is 14.0 Å². The van der Waals surface area contributed by atoms with E-state index in [-0.39, 0.29) is 11.1 Å². The Morgan fingerprint density at radius 3 is 1.71 bits per heavy atom. The summed E-state index contributed by atoms with van der Waals surface area (Å²) < 4.78 is 13.5. The van der Waals surface area contributed by atoms with Gasteiger partial charge < -0.3 is 14.0 Å². The Labute approximate surface area is 217 Å². The van der Waals surface area contributed by atoms with Gasteiger partial charge in [0.25, 0.3) is 0 Å². The second kappa shape index (κ2) is 16.2. The quantitative estimate of drug-likeness (QED) is 0.137. The second-order valence-electron chi connectivity index (χ2n) is 13.2. The Bertz CT molecular complexity index is 490. The molecule has 0 aliphatic rings. The van der Waals surface area contributed by atoms with Crippen LogP contribution in [0.3, 0.4) is 0 Å². The smallest absolute Gasteiger partial charge is 0.200 e. The van der Waals surface area contributed by atoms with Crippen molar-refractivity contribution in [1.29, 1.82) is 0 Å². The zero-order valence-electron chi connectivity index (χ0n) is 25.4. The summed E-state index contributed by atoms with van der Waals surface area (Å²) in [5, 5.41) is 11.0. The molecule has 0 spiro atoms. The fourth-order valence-corrected chi connectivity index (χ4v) is 12.0. The van der Waals surface area contributed by atoms with Crippen LogP contribution in [-0.2, 0) is 8.85 Å². The molecule has 0 aliphatic heterocycles. The van der Waals surface area contributed by atoms with Crippen LogP contribution < -0.4 is 0 Å². The maximum Gasteiger partial charge on any atom is 0.200 e. The third-order valence-electron chi connectivity index (χ3n) is 8.48. The van der Waals surface area contributed by atoms with Gasteiger partial charge in [0.2, 0.25) is 8.32 Å². The molecule has 0 saturated carbocycles. The number of unbranched alkanes of at least 4 members (excludes halogenated alkanes) is 4.